The fourth-order valence-electron chi connectivity index (χ4n) is 2.31. The maximum Gasteiger partial charge on any atom is 0.269 e. The van der Waals surface area contributed by atoms with Crippen molar-refractivity contribution in [2.45, 2.75) is 6.42 Å². The number of nitrogens with one attached hydrogen (secondary N) is 1. The van der Waals surface area contributed by atoms with E-state index < -0.39 is 4.92 Å². The smallest absolute Gasteiger partial charge is 0.269 e. The van der Waals surface area contributed by atoms with Crippen LogP contribution < -0.4 is 19.5 Å². The first kappa shape index (κ1) is 16.6. The van der Waals surface area contributed by atoms with Gasteiger partial charge in [0, 0.05) is 18.7 Å². The molecule has 130 valence electrons. The van der Waals surface area contributed by atoms with Crippen molar-refractivity contribution in [1.29, 1.82) is 0 Å². The lowest BCUT2D eigenvalue weighted by Crippen LogP contribution is -2.30. The number of ether oxygens (including phenoxy) is 3. The summed E-state index contributed by atoms with van der Waals surface area (Å²) in [6.45, 7) is 0.538. The molecular formula is C17H16N2O6. The highest BCUT2D eigenvalue weighted by Crippen LogP contribution is 2.32. The Hall–Kier alpha value is -3.29. The molecule has 8 nitrogen and oxygen atoms in total. The number of carbonyl (C=O) groups is 1. The predicted molar refractivity (Wildman–Crippen MR) is 87.9 cm³/mol. The molecule has 1 aliphatic rings. The largest absolute Gasteiger partial charge is 0.484 e. The minimum absolute atomic E-state index is 0.0273. The van der Waals surface area contributed by atoms with Gasteiger partial charge in [-0.3, -0.25) is 14.9 Å². The third-order valence-electron chi connectivity index (χ3n) is 3.59. The Labute approximate surface area is 143 Å². The Kier molecular flexibility index (Phi) is 4.98. The van der Waals surface area contributed by atoms with Gasteiger partial charge in [0.1, 0.15) is 5.75 Å². The molecule has 0 saturated carbocycles. The number of hydrogen-bond acceptors (Lipinski definition) is 6. The highest BCUT2D eigenvalue weighted by atomic mass is 16.7. The molecule has 1 N–H and O–H groups in total. The summed E-state index contributed by atoms with van der Waals surface area (Å²) < 4.78 is 15.8. The van der Waals surface area contributed by atoms with E-state index in [1.807, 2.05) is 18.2 Å². The van der Waals surface area contributed by atoms with Crippen molar-refractivity contribution >= 4 is 11.6 Å². The second kappa shape index (κ2) is 7.52. The lowest BCUT2D eigenvalue weighted by Gasteiger charge is -2.08. The summed E-state index contributed by atoms with van der Waals surface area (Å²) in [5.74, 6) is 1.57. The van der Waals surface area contributed by atoms with Crippen LogP contribution in [0, 0.1) is 10.1 Å². The molecule has 0 aromatic heterocycles. The Balaban J connectivity index is 1.40. The van der Waals surface area contributed by atoms with E-state index in [1.165, 1.54) is 24.3 Å². The molecule has 0 fully saturated rings. The van der Waals surface area contributed by atoms with Crippen molar-refractivity contribution in [3.8, 4) is 17.2 Å². The number of carbonyl (C=O) groups excluding carboxylic acids is 1. The number of amides is 1. The van der Waals surface area contributed by atoms with Crippen molar-refractivity contribution in [1.82, 2.24) is 5.32 Å². The average molecular weight is 344 g/mol. The minimum Gasteiger partial charge on any atom is -0.484 e. The second-order valence-electron chi connectivity index (χ2n) is 5.33. The molecule has 0 unspecified atom stereocenters. The number of benzene rings is 2. The molecule has 0 radical (unpaired) electrons. The lowest BCUT2D eigenvalue weighted by molar-refractivity contribution is -0.384. The summed E-state index contributed by atoms with van der Waals surface area (Å²) in [5.41, 5.74) is 1.00. The molecule has 0 aliphatic carbocycles. The molecule has 2 aromatic rings. The van der Waals surface area contributed by atoms with E-state index in [1.54, 1.807) is 0 Å². The van der Waals surface area contributed by atoms with Crippen LogP contribution in [0.25, 0.3) is 0 Å². The SMILES string of the molecule is O=C(COc1ccc([N+](=O)[O-])cc1)NCCc1ccc2c(c1)OCO2. The first-order chi connectivity index (χ1) is 12.1. The molecule has 0 saturated heterocycles. The van der Waals surface area contributed by atoms with Crippen molar-refractivity contribution in [3.63, 3.8) is 0 Å². The van der Waals surface area contributed by atoms with Crippen molar-refractivity contribution in [2.75, 3.05) is 19.9 Å². The van der Waals surface area contributed by atoms with Crippen LogP contribution in [0.15, 0.2) is 42.5 Å². The third kappa shape index (κ3) is 4.37. The monoisotopic (exact) mass is 344 g/mol. The molecule has 25 heavy (non-hydrogen) atoms. The summed E-state index contributed by atoms with van der Waals surface area (Å²) in [6.07, 6.45) is 0.653. The summed E-state index contributed by atoms with van der Waals surface area (Å²) in [6, 6.07) is 11.2. The van der Waals surface area contributed by atoms with Crippen LogP contribution in [0.2, 0.25) is 0 Å². The van der Waals surface area contributed by atoms with Gasteiger partial charge >= 0.3 is 0 Å². The van der Waals surface area contributed by atoms with Gasteiger partial charge in [0.25, 0.3) is 11.6 Å². The third-order valence-corrected chi connectivity index (χ3v) is 3.59. The van der Waals surface area contributed by atoms with Crippen molar-refractivity contribution < 1.29 is 23.9 Å². The molecule has 3 rings (SSSR count). The molecule has 2 aromatic carbocycles. The zero-order chi connectivity index (χ0) is 17.6. The zero-order valence-electron chi connectivity index (χ0n) is 13.3. The van der Waals surface area contributed by atoms with Crippen LogP contribution in [-0.4, -0.2) is 30.8 Å². The van der Waals surface area contributed by atoms with Crippen LogP contribution >= 0.6 is 0 Å². The number of hydrogen-bond donors (Lipinski definition) is 1. The molecule has 1 heterocycles. The van der Waals surface area contributed by atoms with E-state index in [9.17, 15) is 14.9 Å². The fraction of sp³-hybridized carbons (Fsp3) is 0.235. The van der Waals surface area contributed by atoms with Gasteiger partial charge in [-0.15, -0.1) is 0 Å². The molecule has 8 heteroatoms. The van der Waals surface area contributed by atoms with E-state index in [-0.39, 0.29) is 25.0 Å². The number of rotatable bonds is 7. The van der Waals surface area contributed by atoms with Gasteiger partial charge in [0.2, 0.25) is 6.79 Å². The van der Waals surface area contributed by atoms with E-state index >= 15 is 0 Å². The zero-order valence-corrected chi connectivity index (χ0v) is 13.3. The van der Waals surface area contributed by atoms with Crippen LogP contribution in [-0.2, 0) is 11.2 Å². The van der Waals surface area contributed by atoms with Gasteiger partial charge in [0.05, 0.1) is 4.92 Å². The quantitative estimate of drug-likeness (QED) is 0.609. The number of non-ortho nitro benzene ring substituents is 1. The summed E-state index contributed by atoms with van der Waals surface area (Å²) in [7, 11) is 0. The van der Waals surface area contributed by atoms with Crippen molar-refractivity contribution in [2.24, 2.45) is 0 Å². The van der Waals surface area contributed by atoms with Crippen LogP contribution in [0.4, 0.5) is 5.69 Å². The van der Waals surface area contributed by atoms with E-state index in [0.29, 0.717) is 24.5 Å². The standard InChI is InChI=1S/C17H16N2O6/c20-17(10-23-14-4-2-13(3-5-14)19(21)22)18-8-7-12-1-6-15-16(9-12)25-11-24-15/h1-6,9H,7-8,10-11H2,(H,18,20). The van der Waals surface area contributed by atoms with Crippen LogP contribution in [0.5, 0.6) is 17.2 Å². The first-order valence-electron chi connectivity index (χ1n) is 7.64. The van der Waals surface area contributed by atoms with Crippen molar-refractivity contribution in [3.05, 3.63) is 58.1 Å². The lowest BCUT2D eigenvalue weighted by atomic mass is 10.1. The number of nitrogens with zero attached hydrogens (tertiary/aromatic N) is 1. The Bertz CT molecular complexity index is 775. The van der Waals surface area contributed by atoms with E-state index in [4.69, 9.17) is 14.2 Å². The molecule has 1 aliphatic heterocycles. The molecular weight excluding hydrogens is 328 g/mol. The van der Waals surface area contributed by atoms with Gasteiger partial charge in [-0.25, -0.2) is 0 Å². The number of nitro groups is 1. The normalized spacial score (nSPS) is 11.8. The summed E-state index contributed by atoms with van der Waals surface area (Å²) in [5, 5.41) is 13.3. The maximum atomic E-state index is 11.8. The van der Waals surface area contributed by atoms with Crippen LogP contribution in [0.1, 0.15) is 5.56 Å². The van der Waals surface area contributed by atoms with E-state index in [2.05, 4.69) is 5.32 Å². The summed E-state index contributed by atoms with van der Waals surface area (Å²) in [4.78, 5) is 21.8. The topological polar surface area (TPSA) is 99.9 Å². The predicted octanol–water partition coefficient (Wildman–Crippen LogP) is 2.06. The van der Waals surface area contributed by atoms with Gasteiger partial charge < -0.3 is 19.5 Å². The molecule has 1 amide bonds. The van der Waals surface area contributed by atoms with Gasteiger partial charge in [-0.05, 0) is 36.2 Å². The fourth-order valence-corrected chi connectivity index (χ4v) is 2.31. The van der Waals surface area contributed by atoms with Crippen LogP contribution in [0.3, 0.4) is 0 Å². The second-order valence-corrected chi connectivity index (χ2v) is 5.33. The van der Waals surface area contributed by atoms with Gasteiger partial charge in [-0.2, -0.15) is 0 Å². The highest BCUT2D eigenvalue weighted by Gasteiger charge is 2.13. The molecule has 0 bridgehead atoms. The Morgan fingerprint density at radius 3 is 2.68 bits per heavy atom. The van der Waals surface area contributed by atoms with Gasteiger partial charge in [0.15, 0.2) is 18.1 Å². The first-order valence-corrected chi connectivity index (χ1v) is 7.64. The molecule has 0 spiro atoms. The number of fused-ring (bicyclic) bond motifs is 1. The Morgan fingerprint density at radius 2 is 1.92 bits per heavy atom. The minimum atomic E-state index is -0.493. The van der Waals surface area contributed by atoms with E-state index in [0.717, 1.165) is 11.3 Å². The average Bonchev–Trinajstić information content (AvgIpc) is 3.08. The molecule has 0 atom stereocenters. The Morgan fingerprint density at radius 1 is 1.16 bits per heavy atom. The number of nitro benzene ring substituents is 1. The summed E-state index contributed by atoms with van der Waals surface area (Å²) >= 11 is 0. The van der Waals surface area contributed by atoms with Gasteiger partial charge in [-0.1, -0.05) is 6.07 Å². The maximum absolute atomic E-state index is 11.8. The highest BCUT2D eigenvalue weighted by molar-refractivity contribution is 5.77.